The van der Waals surface area contributed by atoms with Gasteiger partial charge in [0.2, 0.25) is 0 Å². The van der Waals surface area contributed by atoms with E-state index >= 15 is 0 Å². The molecule has 4 rings (SSSR count). The molecule has 1 aromatic heterocycles. The topological polar surface area (TPSA) is 50.4 Å². The van der Waals surface area contributed by atoms with Crippen LogP contribution in [0.25, 0.3) is 11.0 Å². The number of rotatable bonds is 2. The molecule has 2 aromatic rings. The third kappa shape index (κ3) is 2.57. The highest BCUT2D eigenvalue weighted by molar-refractivity contribution is 7.99. The second kappa shape index (κ2) is 5.90. The van der Waals surface area contributed by atoms with Gasteiger partial charge in [-0.25, -0.2) is 4.79 Å². The monoisotopic (exact) mass is 330 g/mol. The molecule has 122 valence electrons. The van der Waals surface area contributed by atoms with E-state index in [1.54, 1.807) is 0 Å². The van der Waals surface area contributed by atoms with Crippen LogP contribution in [0.5, 0.6) is 5.75 Å². The van der Waals surface area contributed by atoms with Crippen molar-refractivity contribution in [2.45, 2.75) is 56.3 Å². The highest BCUT2D eigenvalue weighted by Crippen LogP contribution is 2.42. The molecule has 0 bridgehead atoms. The van der Waals surface area contributed by atoms with Gasteiger partial charge in [-0.1, -0.05) is 26.2 Å². The van der Waals surface area contributed by atoms with Gasteiger partial charge in [0.15, 0.2) is 0 Å². The zero-order chi connectivity index (χ0) is 16.0. The summed E-state index contributed by atoms with van der Waals surface area (Å²) in [5.74, 6) is 2.21. The van der Waals surface area contributed by atoms with Gasteiger partial charge in [-0.3, -0.25) is 0 Å². The van der Waals surface area contributed by atoms with E-state index in [9.17, 15) is 9.90 Å². The van der Waals surface area contributed by atoms with Gasteiger partial charge in [0.1, 0.15) is 11.3 Å². The molecular formula is C19H22O3S. The second-order valence-corrected chi connectivity index (χ2v) is 8.00. The summed E-state index contributed by atoms with van der Waals surface area (Å²) in [6.45, 7) is 2.23. The Morgan fingerprint density at radius 2 is 2.04 bits per heavy atom. The Hall–Kier alpha value is -1.42. The van der Waals surface area contributed by atoms with E-state index in [1.807, 2.05) is 12.1 Å². The van der Waals surface area contributed by atoms with E-state index in [4.69, 9.17) is 4.42 Å². The maximum absolute atomic E-state index is 12.2. The smallest absolute Gasteiger partial charge is 0.350 e. The van der Waals surface area contributed by atoms with Crippen molar-refractivity contribution in [2.75, 3.05) is 5.75 Å². The first-order valence-corrected chi connectivity index (χ1v) is 9.59. The average Bonchev–Trinajstić information content (AvgIpc) is 3.04. The van der Waals surface area contributed by atoms with Crippen LogP contribution >= 0.6 is 11.8 Å². The number of hydrogen-bond acceptors (Lipinski definition) is 4. The van der Waals surface area contributed by atoms with E-state index in [0.29, 0.717) is 22.3 Å². The van der Waals surface area contributed by atoms with Crippen molar-refractivity contribution in [2.24, 2.45) is 5.92 Å². The largest absolute Gasteiger partial charge is 0.507 e. The summed E-state index contributed by atoms with van der Waals surface area (Å²) in [6, 6.07) is 3.88. The molecule has 2 heterocycles. The van der Waals surface area contributed by atoms with Gasteiger partial charge in [0, 0.05) is 5.75 Å². The molecule has 0 saturated heterocycles. The minimum atomic E-state index is -0.253. The second-order valence-electron chi connectivity index (χ2n) is 6.90. The molecule has 1 atom stereocenters. The number of thioether (sulfide) groups is 1. The standard InChI is InChI=1S/C19H22O3S/c1-11(12-5-3-2-4-6-12)13-9-15(20)17-14-7-8-23-18(14)19(21)22-16(17)10-13/h9-12,20H,2-8H2,1H3. The Labute approximate surface area is 140 Å². The SMILES string of the molecule is CC(c1cc(O)c2c3c(c(=O)oc2c1)SCC3)C1CCCCC1. The van der Waals surface area contributed by atoms with Gasteiger partial charge in [0.25, 0.3) is 0 Å². The molecule has 3 nitrogen and oxygen atoms in total. The summed E-state index contributed by atoms with van der Waals surface area (Å²) < 4.78 is 5.53. The molecule has 23 heavy (non-hydrogen) atoms. The van der Waals surface area contributed by atoms with E-state index in [-0.39, 0.29) is 11.4 Å². The van der Waals surface area contributed by atoms with Crippen molar-refractivity contribution < 1.29 is 9.52 Å². The van der Waals surface area contributed by atoms with Crippen molar-refractivity contribution in [1.29, 1.82) is 0 Å². The Bertz CT molecular complexity index is 802. The number of benzene rings is 1. The Balaban J connectivity index is 1.81. The number of aromatic hydroxyl groups is 1. The zero-order valence-electron chi connectivity index (χ0n) is 13.4. The van der Waals surface area contributed by atoms with Gasteiger partial charge in [-0.05, 0) is 54.4 Å². The van der Waals surface area contributed by atoms with Crippen LogP contribution in [0.4, 0.5) is 0 Å². The van der Waals surface area contributed by atoms with Crippen molar-refractivity contribution in [3.63, 3.8) is 0 Å². The molecule has 1 N–H and O–H groups in total. The van der Waals surface area contributed by atoms with Crippen molar-refractivity contribution in [3.8, 4) is 5.75 Å². The molecular weight excluding hydrogens is 308 g/mol. The molecule has 0 amide bonds. The minimum absolute atomic E-state index is 0.253. The normalized spacial score (nSPS) is 19.9. The van der Waals surface area contributed by atoms with Gasteiger partial charge < -0.3 is 9.52 Å². The molecule has 2 aliphatic rings. The Morgan fingerprint density at radius 1 is 1.26 bits per heavy atom. The quantitative estimate of drug-likeness (QED) is 0.801. The van der Waals surface area contributed by atoms with Crippen LogP contribution in [0, 0.1) is 5.92 Å². The molecule has 1 unspecified atom stereocenters. The van der Waals surface area contributed by atoms with Crippen LogP contribution in [0.2, 0.25) is 0 Å². The maximum Gasteiger partial charge on any atom is 0.350 e. The Kier molecular flexibility index (Phi) is 3.88. The molecule has 1 aromatic carbocycles. The maximum atomic E-state index is 12.2. The molecule has 1 fully saturated rings. The predicted octanol–water partition coefficient (Wildman–Crippen LogP) is 4.83. The summed E-state index contributed by atoms with van der Waals surface area (Å²) in [5.41, 5.74) is 2.36. The third-order valence-corrected chi connectivity index (χ3v) is 6.66. The van der Waals surface area contributed by atoms with Crippen LogP contribution in [-0.4, -0.2) is 10.9 Å². The first-order valence-electron chi connectivity index (χ1n) is 8.60. The van der Waals surface area contributed by atoms with Gasteiger partial charge in [-0.2, -0.15) is 0 Å². The number of hydrogen-bond donors (Lipinski definition) is 1. The van der Waals surface area contributed by atoms with Gasteiger partial charge >= 0.3 is 5.63 Å². The van der Waals surface area contributed by atoms with Crippen LogP contribution in [0.15, 0.2) is 26.2 Å². The van der Waals surface area contributed by atoms with E-state index in [2.05, 4.69) is 6.92 Å². The predicted molar refractivity (Wildman–Crippen MR) is 93.6 cm³/mol. The van der Waals surface area contributed by atoms with Crippen LogP contribution in [0.3, 0.4) is 0 Å². The zero-order valence-corrected chi connectivity index (χ0v) is 14.2. The summed E-state index contributed by atoms with van der Waals surface area (Å²) >= 11 is 1.53. The summed E-state index contributed by atoms with van der Waals surface area (Å²) in [4.78, 5) is 12.8. The number of aryl methyl sites for hydroxylation is 1. The van der Waals surface area contributed by atoms with E-state index < -0.39 is 0 Å². The van der Waals surface area contributed by atoms with Crippen molar-refractivity contribution >= 4 is 22.7 Å². The average molecular weight is 330 g/mol. The minimum Gasteiger partial charge on any atom is -0.507 e. The summed E-state index contributed by atoms with van der Waals surface area (Å²) in [5, 5.41) is 11.3. The first-order chi connectivity index (χ1) is 11.1. The van der Waals surface area contributed by atoms with Crippen molar-refractivity contribution in [1.82, 2.24) is 0 Å². The van der Waals surface area contributed by atoms with Gasteiger partial charge in [-0.15, -0.1) is 11.8 Å². The lowest BCUT2D eigenvalue weighted by Gasteiger charge is -2.28. The fourth-order valence-corrected chi connectivity index (χ4v) is 5.25. The van der Waals surface area contributed by atoms with Crippen LogP contribution in [0.1, 0.15) is 56.1 Å². The van der Waals surface area contributed by atoms with E-state index in [1.165, 1.54) is 43.9 Å². The number of fused-ring (bicyclic) bond motifs is 3. The first kappa shape index (κ1) is 15.1. The highest BCUT2D eigenvalue weighted by atomic mass is 32.2. The number of phenolic OH excluding ortho intramolecular Hbond substituents is 1. The highest BCUT2D eigenvalue weighted by Gasteiger charge is 2.26. The van der Waals surface area contributed by atoms with Gasteiger partial charge in [0.05, 0.1) is 10.3 Å². The third-order valence-electron chi connectivity index (χ3n) is 5.55. The molecule has 1 aliphatic heterocycles. The number of phenols is 1. The lowest BCUT2D eigenvalue weighted by atomic mass is 9.77. The van der Waals surface area contributed by atoms with E-state index in [0.717, 1.165) is 28.7 Å². The van der Waals surface area contributed by atoms with Crippen molar-refractivity contribution in [3.05, 3.63) is 33.7 Å². The fourth-order valence-electron chi connectivity index (χ4n) is 4.20. The molecule has 0 spiro atoms. The Morgan fingerprint density at radius 3 is 2.83 bits per heavy atom. The molecule has 1 aliphatic carbocycles. The fraction of sp³-hybridized carbons (Fsp3) is 0.526. The van der Waals surface area contributed by atoms with Crippen LogP contribution in [-0.2, 0) is 6.42 Å². The summed E-state index contributed by atoms with van der Waals surface area (Å²) in [6.07, 6.45) is 7.27. The lowest BCUT2D eigenvalue weighted by molar-refractivity contribution is 0.315. The molecule has 4 heteroatoms. The molecule has 1 saturated carbocycles. The molecule has 0 radical (unpaired) electrons. The lowest BCUT2D eigenvalue weighted by Crippen LogP contribution is -2.14. The van der Waals surface area contributed by atoms with Crippen LogP contribution < -0.4 is 5.63 Å². The summed E-state index contributed by atoms with van der Waals surface area (Å²) in [7, 11) is 0.